The first-order valence-electron chi connectivity index (χ1n) is 15.5. The van der Waals surface area contributed by atoms with Gasteiger partial charge < -0.3 is 24.5 Å². The van der Waals surface area contributed by atoms with Crippen LogP contribution in [0.15, 0.2) is 60.8 Å². The maximum atomic E-state index is 15.2. The normalized spacial score (nSPS) is 16.6. The minimum absolute atomic E-state index is 0.0295. The number of hydrogen-bond donors (Lipinski definition) is 2. The Labute approximate surface area is 276 Å². The Morgan fingerprint density at radius 2 is 1.80 bits per heavy atom. The molecule has 2 aromatic carbocycles. The van der Waals surface area contributed by atoms with E-state index in [1.54, 1.807) is 0 Å². The van der Waals surface area contributed by atoms with Gasteiger partial charge in [0, 0.05) is 53.5 Å². The highest BCUT2D eigenvalue weighted by atomic mass is 19.4. The van der Waals surface area contributed by atoms with Gasteiger partial charge in [0.15, 0.2) is 0 Å². The van der Waals surface area contributed by atoms with Crippen LogP contribution in [0.25, 0.3) is 16.6 Å². The van der Waals surface area contributed by atoms with Crippen LogP contribution in [-0.2, 0) is 22.1 Å². The van der Waals surface area contributed by atoms with Crippen LogP contribution in [0.5, 0.6) is 5.75 Å². The molecule has 2 N–H and O–H groups in total. The van der Waals surface area contributed by atoms with E-state index in [9.17, 15) is 27.6 Å². The molecule has 254 valence electrons. The molecule has 4 aromatic rings. The van der Waals surface area contributed by atoms with E-state index in [0.29, 0.717) is 12.1 Å². The van der Waals surface area contributed by atoms with Crippen molar-refractivity contribution in [3.8, 4) is 16.9 Å². The summed E-state index contributed by atoms with van der Waals surface area (Å²) in [5, 5.41) is 5.41. The third-order valence-corrected chi connectivity index (χ3v) is 8.93. The molecule has 2 fully saturated rings. The molecule has 3 aliphatic rings. The minimum Gasteiger partial charge on any atom is -0.492 e. The molecule has 14 heteroatoms. The van der Waals surface area contributed by atoms with Crippen LogP contribution >= 0.6 is 0 Å². The SMILES string of the molecule is CC1(NC/C=C/C(=O)Nc2c(F)cc(C(=O)c3cc4c5c(cccn35)-c3c(cc(N5CCOC5=O)cc3C(F)(F)F)OCC4)cc2F)CC1. The number of ether oxygens (including phenoxy) is 2. The summed E-state index contributed by atoms with van der Waals surface area (Å²) in [5.41, 5.74) is -1.59. The van der Waals surface area contributed by atoms with Crippen molar-refractivity contribution in [2.75, 3.05) is 36.5 Å². The lowest BCUT2D eigenvalue weighted by Crippen LogP contribution is -2.27. The van der Waals surface area contributed by atoms with Crippen LogP contribution in [0.3, 0.4) is 0 Å². The van der Waals surface area contributed by atoms with Crippen LogP contribution in [-0.4, -0.2) is 54.0 Å². The molecule has 7 rings (SSSR count). The van der Waals surface area contributed by atoms with E-state index in [4.69, 9.17) is 9.47 Å². The predicted molar refractivity (Wildman–Crippen MR) is 169 cm³/mol. The van der Waals surface area contributed by atoms with Crippen molar-refractivity contribution in [3.63, 3.8) is 0 Å². The molecule has 0 spiro atoms. The van der Waals surface area contributed by atoms with Crippen molar-refractivity contribution >= 4 is 34.7 Å². The van der Waals surface area contributed by atoms with Crippen molar-refractivity contribution in [1.29, 1.82) is 0 Å². The zero-order chi connectivity index (χ0) is 34.7. The molecule has 9 nitrogen and oxygen atoms in total. The molecule has 2 aliphatic heterocycles. The maximum Gasteiger partial charge on any atom is 0.417 e. The van der Waals surface area contributed by atoms with E-state index in [1.807, 2.05) is 6.92 Å². The van der Waals surface area contributed by atoms with Gasteiger partial charge in [-0.05, 0) is 55.7 Å². The van der Waals surface area contributed by atoms with E-state index < -0.39 is 46.8 Å². The van der Waals surface area contributed by atoms with Crippen LogP contribution in [0, 0.1) is 11.6 Å². The summed E-state index contributed by atoms with van der Waals surface area (Å²) >= 11 is 0. The van der Waals surface area contributed by atoms with Crippen molar-refractivity contribution in [2.45, 2.75) is 37.9 Å². The summed E-state index contributed by atoms with van der Waals surface area (Å²) in [4.78, 5) is 39.4. The molecule has 2 aromatic heterocycles. The summed E-state index contributed by atoms with van der Waals surface area (Å²) in [5.74, 6) is -4.02. The lowest BCUT2D eigenvalue weighted by molar-refractivity contribution is -0.137. The number of hydrogen-bond acceptors (Lipinski definition) is 6. The smallest absolute Gasteiger partial charge is 0.417 e. The Morgan fingerprint density at radius 1 is 1.04 bits per heavy atom. The second kappa shape index (κ2) is 12.0. The van der Waals surface area contributed by atoms with Gasteiger partial charge in [0.1, 0.15) is 29.7 Å². The van der Waals surface area contributed by atoms with Crippen molar-refractivity contribution < 1.29 is 45.8 Å². The number of carbonyl (C=O) groups is 3. The quantitative estimate of drug-likeness (QED) is 0.123. The van der Waals surface area contributed by atoms with Gasteiger partial charge in [0.2, 0.25) is 11.7 Å². The Balaban J connectivity index is 1.23. The van der Waals surface area contributed by atoms with Crippen LogP contribution in [0.4, 0.5) is 38.1 Å². The van der Waals surface area contributed by atoms with Gasteiger partial charge in [0.05, 0.1) is 35.6 Å². The summed E-state index contributed by atoms with van der Waals surface area (Å²) in [7, 11) is 0. The largest absolute Gasteiger partial charge is 0.492 e. The van der Waals surface area contributed by atoms with Gasteiger partial charge in [-0.15, -0.1) is 0 Å². The van der Waals surface area contributed by atoms with Gasteiger partial charge in [-0.3, -0.25) is 14.5 Å². The van der Waals surface area contributed by atoms with E-state index in [1.165, 1.54) is 40.9 Å². The molecule has 2 amide bonds. The van der Waals surface area contributed by atoms with Crippen LogP contribution in [0.2, 0.25) is 0 Å². The van der Waals surface area contributed by atoms with E-state index in [2.05, 4.69) is 10.6 Å². The zero-order valence-corrected chi connectivity index (χ0v) is 26.0. The number of alkyl halides is 3. The number of pyridine rings is 1. The summed E-state index contributed by atoms with van der Waals surface area (Å²) < 4.78 is 86.4. The van der Waals surface area contributed by atoms with E-state index in [-0.39, 0.29) is 71.1 Å². The molecular weight excluding hydrogens is 651 g/mol. The number of aromatic nitrogens is 1. The van der Waals surface area contributed by atoms with Crippen LogP contribution < -0.4 is 20.3 Å². The summed E-state index contributed by atoms with van der Waals surface area (Å²) in [6.45, 7) is 2.48. The number of halogens is 5. The molecule has 0 unspecified atom stereocenters. The first-order chi connectivity index (χ1) is 23.3. The lowest BCUT2D eigenvalue weighted by Gasteiger charge is -2.24. The van der Waals surface area contributed by atoms with Crippen molar-refractivity contribution in [3.05, 3.63) is 94.8 Å². The second-order valence-electron chi connectivity index (χ2n) is 12.4. The third-order valence-electron chi connectivity index (χ3n) is 8.93. The Hall–Kier alpha value is -5.24. The van der Waals surface area contributed by atoms with Crippen molar-refractivity contribution in [1.82, 2.24) is 9.72 Å². The fourth-order valence-corrected chi connectivity index (χ4v) is 6.15. The number of ketones is 1. The fourth-order valence-electron chi connectivity index (χ4n) is 6.15. The van der Waals surface area contributed by atoms with Gasteiger partial charge >= 0.3 is 12.3 Å². The Morgan fingerprint density at radius 3 is 2.47 bits per heavy atom. The molecule has 0 bridgehead atoms. The molecule has 1 saturated heterocycles. The summed E-state index contributed by atoms with van der Waals surface area (Å²) in [6.07, 6.45) is 0.767. The van der Waals surface area contributed by atoms with Crippen LogP contribution in [0.1, 0.15) is 46.9 Å². The number of nitrogens with one attached hydrogen (secondary N) is 2. The highest BCUT2D eigenvalue weighted by Gasteiger charge is 2.39. The molecule has 4 heterocycles. The molecule has 49 heavy (non-hydrogen) atoms. The van der Waals surface area contributed by atoms with E-state index >= 15 is 8.78 Å². The average Bonchev–Trinajstić information content (AvgIpc) is 3.44. The average molecular weight is 681 g/mol. The first-order valence-corrected chi connectivity index (χ1v) is 15.5. The van der Waals surface area contributed by atoms with Gasteiger partial charge in [-0.2, -0.15) is 13.2 Å². The number of amides is 2. The number of cyclic esters (lactones) is 1. The zero-order valence-electron chi connectivity index (χ0n) is 26.0. The number of anilines is 2. The van der Waals surface area contributed by atoms with Crippen molar-refractivity contribution in [2.24, 2.45) is 0 Å². The number of nitrogens with zero attached hydrogens (tertiary/aromatic N) is 2. The lowest BCUT2D eigenvalue weighted by atomic mass is 9.94. The molecule has 1 saturated carbocycles. The number of rotatable bonds is 8. The molecular formula is C35H29F5N4O5. The number of carbonyl (C=O) groups excluding carboxylic acids is 3. The first kappa shape index (κ1) is 32.3. The standard InChI is InChI=1S/C35H29F5N4O5/c1-34(7-8-34)41-9-2-5-28(45)42-30-24(36)14-20(15-25(30)37)32(46)26-16-19-6-12-48-27-18-21(43-11-13-49-33(43)47)17-23(35(38,39)40)29(27)22-4-3-10-44(26)31(19)22/h2-5,10,14-18,41H,6-9,11-13H2,1H3,(H,42,45)/b5-2+. The second-order valence-corrected chi connectivity index (χ2v) is 12.4. The van der Waals surface area contributed by atoms with Gasteiger partial charge in [-0.25, -0.2) is 13.6 Å². The molecule has 1 aliphatic carbocycles. The summed E-state index contributed by atoms with van der Waals surface area (Å²) in [6, 6.07) is 8.19. The van der Waals surface area contributed by atoms with E-state index in [0.717, 1.165) is 42.0 Å². The molecule has 0 radical (unpaired) electrons. The Kier molecular flexibility index (Phi) is 7.93. The minimum atomic E-state index is -4.86. The number of benzene rings is 2. The molecule has 0 atom stereocenters. The maximum absolute atomic E-state index is 15.2. The monoisotopic (exact) mass is 680 g/mol. The number of fused-ring (bicyclic) bond motifs is 2. The highest BCUT2D eigenvalue weighted by Crippen LogP contribution is 2.48. The third kappa shape index (κ3) is 6.12. The predicted octanol–water partition coefficient (Wildman–Crippen LogP) is 6.66. The Bertz CT molecular complexity index is 2040. The fraction of sp³-hybridized carbons (Fsp3) is 0.286. The highest BCUT2D eigenvalue weighted by molar-refractivity contribution is 6.10. The van der Waals surface area contributed by atoms with Gasteiger partial charge in [-0.1, -0.05) is 12.1 Å². The van der Waals surface area contributed by atoms with Gasteiger partial charge in [0.25, 0.3) is 0 Å². The topological polar surface area (TPSA) is 101 Å².